The maximum atomic E-state index is 12.3. The van der Waals surface area contributed by atoms with Gasteiger partial charge in [-0.2, -0.15) is 13.2 Å². The second kappa shape index (κ2) is 3.90. The highest BCUT2D eigenvalue weighted by Gasteiger charge is 2.32. The summed E-state index contributed by atoms with van der Waals surface area (Å²) in [6.45, 7) is 0.247. The average molecular weight is 240 g/mol. The second-order valence-electron chi connectivity index (χ2n) is 3.17. The van der Waals surface area contributed by atoms with Crippen molar-refractivity contribution >= 4 is 12.4 Å². The summed E-state index contributed by atoms with van der Waals surface area (Å²) < 4.78 is 41.8. The third-order valence-electron chi connectivity index (χ3n) is 2.16. The number of halogens is 4. The summed E-state index contributed by atoms with van der Waals surface area (Å²) in [5, 5.41) is 0. The van der Waals surface area contributed by atoms with Crippen molar-refractivity contribution in [1.82, 2.24) is 0 Å². The Bertz CT molecular complexity index is 367. The Morgan fingerprint density at radius 3 is 2.60 bits per heavy atom. The van der Waals surface area contributed by atoms with Gasteiger partial charge in [-0.15, -0.1) is 12.4 Å². The van der Waals surface area contributed by atoms with Crippen LogP contribution in [0.1, 0.15) is 17.2 Å². The molecule has 0 bridgehead atoms. The van der Waals surface area contributed by atoms with Gasteiger partial charge in [0.2, 0.25) is 0 Å². The molecule has 0 aliphatic carbocycles. The molecule has 1 aromatic rings. The van der Waals surface area contributed by atoms with Gasteiger partial charge in [-0.1, -0.05) is 6.07 Å². The molecule has 84 valence electrons. The van der Waals surface area contributed by atoms with Crippen LogP contribution in [0.2, 0.25) is 0 Å². The van der Waals surface area contributed by atoms with Gasteiger partial charge < -0.3 is 10.5 Å². The molecule has 1 aliphatic rings. The number of rotatable bonds is 0. The largest absolute Gasteiger partial charge is 0.491 e. The van der Waals surface area contributed by atoms with Crippen molar-refractivity contribution in [2.24, 2.45) is 5.73 Å². The van der Waals surface area contributed by atoms with Crippen molar-refractivity contribution in [3.63, 3.8) is 0 Å². The molecule has 0 amide bonds. The smallest absolute Gasteiger partial charge is 0.416 e. The lowest BCUT2D eigenvalue weighted by Crippen LogP contribution is -2.10. The molecular weight excluding hydrogens is 231 g/mol. The first-order valence-electron chi connectivity index (χ1n) is 4.08. The van der Waals surface area contributed by atoms with E-state index >= 15 is 0 Å². The van der Waals surface area contributed by atoms with Crippen molar-refractivity contribution in [3.05, 3.63) is 29.3 Å². The molecule has 15 heavy (non-hydrogen) atoms. The van der Waals surface area contributed by atoms with Crippen LogP contribution in [-0.2, 0) is 6.18 Å². The van der Waals surface area contributed by atoms with Crippen LogP contribution in [-0.4, -0.2) is 6.61 Å². The van der Waals surface area contributed by atoms with E-state index in [9.17, 15) is 13.2 Å². The standard InChI is InChI=1S/C9H8F3NO.ClH/c10-9(11,12)5-1-2-6-7(13)4-14-8(6)3-5;/h1-3,7H,4,13H2;1H/t7-;/m0./s1. The number of nitrogens with two attached hydrogens (primary N) is 1. The molecule has 2 N–H and O–H groups in total. The zero-order valence-corrected chi connectivity index (χ0v) is 8.36. The molecule has 0 saturated heterocycles. The molecule has 0 spiro atoms. The van der Waals surface area contributed by atoms with Crippen LogP contribution in [0, 0.1) is 0 Å². The van der Waals surface area contributed by atoms with Gasteiger partial charge >= 0.3 is 6.18 Å². The van der Waals surface area contributed by atoms with E-state index in [4.69, 9.17) is 10.5 Å². The van der Waals surface area contributed by atoms with E-state index in [2.05, 4.69) is 0 Å². The van der Waals surface area contributed by atoms with E-state index in [1.165, 1.54) is 6.07 Å². The van der Waals surface area contributed by atoms with Crippen LogP contribution in [0.15, 0.2) is 18.2 Å². The minimum absolute atomic E-state index is 0. The molecule has 1 heterocycles. The number of fused-ring (bicyclic) bond motifs is 1. The van der Waals surface area contributed by atoms with E-state index in [1.54, 1.807) is 0 Å². The molecule has 0 fully saturated rings. The molecule has 1 atom stereocenters. The van der Waals surface area contributed by atoms with E-state index < -0.39 is 11.7 Å². The molecule has 1 aliphatic heterocycles. The van der Waals surface area contributed by atoms with Crippen molar-refractivity contribution in [3.8, 4) is 5.75 Å². The molecule has 1 aromatic carbocycles. The van der Waals surface area contributed by atoms with Crippen molar-refractivity contribution < 1.29 is 17.9 Å². The predicted octanol–water partition coefficient (Wildman–Crippen LogP) is 2.52. The van der Waals surface area contributed by atoms with Crippen molar-refractivity contribution in [1.29, 1.82) is 0 Å². The Kier molecular flexibility index (Phi) is 3.16. The lowest BCUT2D eigenvalue weighted by molar-refractivity contribution is -0.137. The minimum atomic E-state index is -4.33. The number of benzene rings is 1. The second-order valence-corrected chi connectivity index (χ2v) is 3.17. The maximum Gasteiger partial charge on any atom is 0.416 e. The van der Waals surface area contributed by atoms with Crippen molar-refractivity contribution in [2.75, 3.05) is 6.61 Å². The molecular formula is C9H9ClF3NO. The van der Waals surface area contributed by atoms with Gasteiger partial charge in [0.05, 0.1) is 11.6 Å². The van der Waals surface area contributed by atoms with E-state index in [1.807, 2.05) is 0 Å². The lowest BCUT2D eigenvalue weighted by Gasteiger charge is -2.08. The van der Waals surface area contributed by atoms with Crippen LogP contribution in [0.3, 0.4) is 0 Å². The number of alkyl halides is 3. The maximum absolute atomic E-state index is 12.3. The highest BCUT2D eigenvalue weighted by molar-refractivity contribution is 5.85. The third kappa shape index (κ3) is 2.18. The summed E-state index contributed by atoms with van der Waals surface area (Å²) in [6, 6.07) is 3.07. The number of hydrogen-bond donors (Lipinski definition) is 1. The third-order valence-corrected chi connectivity index (χ3v) is 2.16. The average Bonchev–Trinajstić information content (AvgIpc) is 2.46. The molecule has 0 unspecified atom stereocenters. The fraction of sp³-hybridized carbons (Fsp3) is 0.333. The van der Waals surface area contributed by atoms with Gasteiger partial charge in [0.1, 0.15) is 12.4 Å². The molecule has 0 aromatic heterocycles. The van der Waals surface area contributed by atoms with Crippen LogP contribution < -0.4 is 10.5 Å². The van der Waals surface area contributed by atoms with Gasteiger partial charge in [-0.05, 0) is 12.1 Å². The Balaban J connectivity index is 0.00000112. The van der Waals surface area contributed by atoms with E-state index in [0.717, 1.165) is 12.1 Å². The summed E-state index contributed by atoms with van der Waals surface area (Å²) in [6.07, 6.45) is -4.33. The summed E-state index contributed by atoms with van der Waals surface area (Å²) >= 11 is 0. The van der Waals surface area contributed by atoms with Crippen LogP contribution in [0.25, 0.3) is 0 Å². The predicted molar refractivity (Wildman–Crippen MR) is 51.1 cm³/mol. The summed E-state index contributed by atoms with van der Waals surface area (Å²) in [5.41, 5.74) is 5.53. The highest BCUT2D eigenvalue weighted by atomic mass is 35.5. The molecule has 0 radical (unpaired) electrons. The SMILES string of the molecule is Cl.N[C@H]1COc2cc(C(F)(F)F)ccc21. The molecule has 6 heteroatoms. The topological polar surface area (TPSA) is 35.2 Å². The Morgan fingerprint density at radius 1 is 1.33 bits per heavy atom. The zero-order chi connectivity index (χ0) is 10.3. The molecule has 0 saturated carbocycles. The Hall–Kier alpha value is -0.940. The molecule has 2 nitrogen and oxygen atoms in total. The van der Waals surface area contributed by atoms with E-state index in [0.29, 0.717) is 5.56 Å². The fourth-order valence-electron chi connectivity index (χ4n) is 1.41. The Labute approximate surface area is 90.6 Å². The summed E-state index contributed by atoms with van der Waals surface area (Å²) in [7, 11) is 0. The minimum Gasteiger partial charge on any atom is -0.491 e. The monoisotopic (exact) mass is 239 g/mol. The van der Waals surface area contributed by atoms with Crippen LogP contribution in [0.5, 0.6) is 5.75 Å². The van der Waals surface area contributed by atoms with E-state index in [-0.39, 0.29) is 30.8 Å². The van der Waals surface area contributed by atoms with Gasteiger partial charge in [-0.25, -0.2) is 0 Å². The number of ether oxygens (including phenoxy) is 1. The van der Waals surface area contributed by atoms with Crippen molar-refractivity contribution in [2.45, 2.75) is 12.2 Å². The van der Waals surface area contributed by atoms with Crippen LogP contribution >= 0.6 is 12.4 Å². The van der Waals surface area contributed by atoms with Gasteiger partial charge in [0.25, 0.3) is 0 Å². The van der Waals surface area contributed by atoms with Gasteiger partial charge in [0, 0.05) is 5.56 Å². The van der Waals surface area contributed by atoms with Gasteiger partial charge in [0.15, 0.2) is 0 Å². The first-order chi connectivity index (χ1) is 6.48. The fourth-order valence-corrected chi connectivity index (χ4v) is 1.41. The normalized spacial score (nSPS) is 19.1. The first kappa shape index (κ1) is 12.1. The summed E-state index contributed by atoms with van der Waals surface area (Å²) in [5.74, 6) is 0.243. The first-order valence-corrected chi connectivity index (χ1v) is 4.08. The zero-order valence-electron chi connectivity index (χ0n) is 7.54. The highest BCUT2D eigenvalue weighted by Crippen LogP contribution is 2.37. The Morgan fingerprint density at radius 2 is 2.00 bits per heavy atom. The summed E-state index contributed by atoms with van der Waals surface area (Å²) in [4.78, 5) is 0. The van der Waals surface area contributed by atoms with Crippen LogP contribution in [0.4, 0.5) is 13.2 Å². The quantitative estimate of drug-likeness (QED) is 0.755. The lowest BCUT2D eigenvalue weighted by atomic mass is 10.1. The molecule has 2 rings (SSSR count). The number of hydrogen-bond acceptors (Lipinski definition) is 2. The van der Waals surface area contributed by atoms with Gasteiger partial charge in [-0.3, -0.25) is 0 Å².